The molecular formula is C13H27NO2. The van der Waals surface area contributed by atoms with Gasteiger partial charge in [-0.15, -0.1) is 0 Å². The quantitative estimate of drug-likeness (QED) is 0.431. The number of ether oxygens (including phenoxy) is 1. The molecule has 16 heavy (non-hydrogen) atoms. The number of hydrogen-bond acceptors (Lipinski definition) is 3. The molecule has 3 heteroatoms. The van der Waals surface area contributed by atoms with Crippen molar-refractivity contribution in [2.24, 2.45) is 5.41 Å². The number of hydroxylamine groups is 1. The van der Waals surface area contributed by atoms with Crippen LogP contribution in [0.4, 0.5) is 0 Å². The minimum absolute atomic E-state index is 0.00340. The van der Waals surface area contributed by atoms with Crippen molar-refractivity contribution >= 4 is 0 Å². The SMILES string of the molecule is CC(C)(C)COC/C=C\CONC(C)(C)C. The van der Waals surface area contributed by atoms with Crippen LogP contribution in [0.2, 0.25) is 0 Å². The highest BCUT2D eigenvalue weighted by molar-refractivity contribution is 4.81. The summed E-state index contributed by atoms with van der Waals surface area (Å²) in [6.45, 7) is 14.6. The van der Waals surface area contributed by atoms with Gasteiger partial charge in [0.05, 0.1) is 19.8 Å². The molecule has 0 saturated carbocycles. The average molecular weight is 229 g/mol. The smallest absolute Gasteiger partial charge is 0.0864 e. The molecule has 0 fully saturated rings. The fourth-order valence-corrected chi connectivity index (χ4v) is 0.876. The third-order valence-corrected chi connectivity index (χ3v) is 1.47. The fraction of sp³-hybridized carbons (Fsp3) is 0.846. The van der Waals surface area contributed by atoms with Gasteiger partial charge in [0.25, 0.3) is 0 Å². The van der Waals surface area contributed by atoms with E-state index in [0.717, 1.165) is 6.61 Å². The lowest BCUT2D eigenvalue weighted by atomic mass is 9.99. The van der Waals surface area contributed by atoms with Crippen molar-refractivity contribution in [2.45, 2.75) is 47.1 Å². The summed E-state index contributed by atoms with van der Waals surface area (Å²) < 4.78 is 5.48. The Kier molecular flexibility index (Phi) is 6.88. The van der Waals surface area contributed by atoms with Crippen LogP contribution in [0.5, 0.6) is 0 Å². The Balaban J connectivity index is 3.36. The lowest BCUT2D eigenvalue weighted by molar-refractivity contribution is 0.0109. The van der Waals surface area contributed by atoms with Crippen molar-refractivity contribution in [3.63, 3.8) is 0 Å². The molecule has 0 rings (SSSR count). The second kappa shape index (κ2) is 7.05. The molecule has 0 aliphatic rings. The highest BCUT2D eigenvalue weighted by atomic mass is 16.6. The Hall–Kier alpha value is -0.380. The van der Waals surface area contributed by atoms with Gasteiger partial charge in [0.15, 0.2) is 0 Å². The molecule has 0 aromatic heterocycles. The van der Waals surface area contributed by atoms with Gasteiger partial charge in [-0.1, -0.05) is 32.9 Å². The van der Waals surface area contributed by atoms with Gasteiger partial charge in [0.2, 0.25) is 0 Å². The average Bonchev–Trinajstić information content (AvgIpc) is 2.06. The molecule has 0 amide bonds. The molecule has 0 aromatic carbocycles. The normalized spacial score (nSPS) is 13.6. The van der Waals surface area contributed by atoms with E-state index in [2.05, 4.69) is 47.0 Å². The Morgan fingerprint density at radius 1 is 0.938 bits per heavy atom. The van der Waals surface area contributed by atoms with E-state index < -0.39 is 0 Å². The zero-order valence-corrected chi connectivity index (χ0v) is 11.6. The molecule has 0 unspecified atom stereocenters. The van der Waals surface area contributed by atoms with Gasteiger partial charge < -0.3 is 4.74 Å². The van der Waals surface area contributed by atoms with Gasteiger partial charge in [-0.25, -0.2) is 0 Å². The van der Waals surface area contributed by atoms with E-state index in [1.807, 2.05) is 12.2 Å². The van der Waals surface area contributed by atoms with Gasteiger partial charge in [-0.05, 0) is 26.2 Å². The van der Waals surface area contributed by atoms with Crippen LogP contribution in [-0.2, 0) is 9.57 Å². The number of hydrogen-bond donors (Lipinski definition) is 1. The summed E-state index contributed by atoms with van der Waals surface area (Å²) in [5, 5.41) is 0. The summed E-state index contributed by atoms with van der Waals surface area (Å²) in [7, 11) is 0. The van der Waals surface area contributed by atoms with Crippen LogP contribution in [0.15, 0.2) is 12.2 Å². The minimum Gasteiger partial charge on any atom is -0.377 e. The van der Waals surface area contributed by atoms with Crippen molar-refractivity contribution in [1.82, 2.24) is 5.48 Å². The van der Waals surface area contributed by atoms with E-state index in [1.165, 1.54) is 0 Å². The summed E-state index contributed by atoms with van der Waals surface area (Å²) in [6, 6.07) is 0. The van der Waals surface area contributed by atoms with Crippen LogP contribution in [0, 0.1) is 5.41 Å². The summed E-state index contributed by atoms with van der Waals surface area (Å²) in [6.07, 6.45) is 3.94. The molecule has 3 nitrogen and oxygen atoms in total. The zero-order valence-electron chi connectivity index (χ0n) is 11.6. The van der Waals surface area contributed by atoms with E-state index in [1.54, 1.807) is 0 Å². The second-order valence-electron chi connectivity index (χ2n) is 6.21. The maximum absolute atomic E-state index is 5.48. The Labute approximate surface area is 100 Å². The third-order valence-electron chi connectivity index (χ3n) is 1.47. The van der Waals surface area contributed by atoms with Crippen molar-refractivity contribution in [1.29, 1.82) is 0 Å². The first-order chi connectivity index (χ1) is 7.21. The van der Waals surface area contributed by atoms with Gasteiger partial charge in [-0.2, -0.15) is 5.48 Å². The number of rotatable bonds is 6. The molecule has 0 aliphatic carbocycles. The summed E-state index contributed by atoms with van der Waals surface area (Å²) in [5.41, 5.74) is 3.18. The molecule has 0 aromatic rings. The van der Waals surface area contributed by atoms with Gasteiger partial charge in [0, 0.05) is 5.54 Å². The monoisotopic (exact) mass is 229 g/mol. The van der Waals surface area contributed by atoms with E-state index in [9.17, 15) is 0 Å². The molecule has 0 atom stereocenters. The molecule has 96 valence electrons. The molecule has 0 saturated heterocycles. The van der Waals surface area contributed by atoms with Gasteiger partial charge >= 0.3 is 0 Å². The molecule has 1 N–H and O–H groups in total. The molecule has 0 spiro atoms. The Morgan fingerprint density at radius 3 is 2.00 bits per heavy atom. The lowest BCUT2D eigenvalue weighted by Gasteiger charge is -2.19. The predicted octanol–water partition coefficient (Wildman–Crippen LogP) is 2.93. The maximum atomic E-state index is 5.48. The molecular weight excluding hydrogens is 202 g/mol. The minimum atomic E-state index is -0.00340. The predicted molar refractivity (Wildman–Crippen MR) is 68.3 cm³/mol. The van der Waals surface area contributed by atoms with Crippen LogP contribution in [0.3, 0.4) is 0 Å². The molecule has 0 heterocycles. The third kappa shape index (κ3) is 13.6. The summed E-state index contributed by atoms with van der Waals surface area (Å²) >= 11 is 0. The van der Waals surface area contributed by atoms with Crippen LogP contribution in [0.25, 0.3) is 0 Å². The van der Waals surface area contributed by atoms with Crippen LogP contribution < -0.4 is 5.48 Å². The second-order valence-corrected chi connectivity index (χ2v) is 6.21. The van der Waals surface area contributed by atoms with Crippen LogP contribution in [0.1, 0.15) is 41.5 Å². The standard InChI is InChI=1S/C13H27NO2/c1-12(2,3)11-15-9-7-8-10-16-14-13(4,5)6/h7-8,14H,9-11H2,1-6H3/b8-7-. The van der Waals surface area contributed by atoms with Gasteiger partial charge in [-0.3, -0.25) is 4.84 Å². The Bertz CT molecular complexity index is 177. The number of nitrogens with one attached hydrogen (secondary N) is 1. The summed E-state index contributed by atoms with van der Waals surface area (Å²) in [4.78, 5) is 5.25. The van der Waals surface area contributed by atoms with Crippen LogP contribution >= 0.6 is 0 Å². The lowest BCUT2D eigenvalue weighted by Crippen LogP contribution is -2.35. The van der Waals surface area contributed by atoms with E-state index in [-0.39, 0.29) is 11.0 Å². The van der Waals surface area contributed by atoms with E-state index in [4.69, 9.17) is 9.57 Å². The van der Waals surface area contributed by atoms with E-state index in [0.29, 0.717) is 13.2 Å². The first kappa shape index (κ1) is 15.6. The van der Waals surface area contributed by atoms with Crippen molar-refractivity contribution in [3.8, 4) is 0 Å². The topological polar surface area (TPSA) is 30.5 Å². The van der Waals surface area contributed by atoms with Crippen LogP contribution in [-0.4, -0.2) is 25.4 Å². The van der Waals surface area contributed by atoms with Crippen molar-refractivity contribution < 1.29 is 9.57 Å². The molecule has 0 radical (unpaired) electrons. The first-order valence-corrected chi connectivity index (χ1v) is 5.82. The maximum Gasteiger partial charge on any atom is 0.0864 e. The first-order valence-electron chi connectivity index (χ1n) is 5.82. The Morgan fingerprint density at radius 2 is 1.50 bits per heavy atom. The molecule has 0 aliphatic heterocycles. The van der Waals surface area contributed by atoms with Gasteiger partial charge in [0.1, 0.15) is 0 Å². The highest BCUT2D eigenvalue weighted by Crippen LogP contribution is 2.12. The molecule has 0 bridgehead atoms. The van der Waals surface area contributed by atoms with Crippen molar-refractivity contribution in [3.05, 3.63) is 12.2 Å². The largest absolute Gasteiger partial charge is 0.377 e. The summed E-state index contributed by atoms with van der Waals surface area (Å²) in [5.74, 6) is 0. The van der Waals surface area contributed by atoms with E-state index >= 15 is 0 Å². The zero-order chi connectivity index (χ0) is 12.7. The van der Waals surface area contributed by atoms with Crippen molar-refractivity contribution in [2.75, 3.05) is 19.8 Å². The fourth-order valence-electron chi connectivity index (χ4n) is 0.876. The highest BCUT2D eigenvalue weighted by Gasteiger charge is 2.09.